The fourth-order valence-electron chi connectivity index (χ4n) is 0.159. The quantitative estimate of drug-likeness (QED) is 0.361. The summed E-state index contributed by atoms with van der Waals surface area (Å²) in [5.74, 6) is 0.384. The number of amides is 1. The van der Waals surface area contributed by atoms with Crippen molar-refractivity contribution >= 4 is 12.2 Å². The molecule has 1 amide bonds. The predicted molar refractivity (Wildman–Crippen MR) is 43.9 cm³/mol. The average Bonchev–Trinajstić information content (AvgIpc) is 1.90. The van der Waals surface area contributed by atoms with Crippen molar-refractivity contribution in [1.29, 1.82) is 0 Å². The molecule has 0 atom stereocenters. The molecule has 10 heavy (non-hydrogen) atoms. The van der Waals surface area contributed by atoms with Crippen molar-refractivity contribution < 1.29 is 4.79 Å². The van der Waals surface area contributed by atoms with Crippen molar-refractivity contribution in [2.75, 3.05) is 0 Å². The van der Waals surface area contributed by atoms with Gasteiger partial charge in [0.25, 0.3) is 0 Å². The number of hydrogen-bond donors (Lipinski definition) is 1. The maximum Gasteiger partial charge on any atom is 0.234 e. The Labute approximate surface area is 62.3 Å². The Morgan fingerprint density at radius 2 is 1.90 bits per heavy atom. The summed E-state index contributed by atoms with van der Waals surface area (Å²) in [7, 11) is 0. The van der Waals surface area contributed by atoms with E-state index in [0.717, 1.165) is 0 Å². The van der Waals surface area contributed by atoms with Gasteiger partial charge in [-0.15, -0.1) is 0 Å². The number of aliphatic imine (C=N–C) groups is 1. The van der Waals surface area contributed by atoms with Gasteiger partial charge in [0.1, 0.15) is 5.84 Å². The minimum absolute atomic E-state index is 0.384. The third-order valence-electron chi connectivity index (χ3n) is 0.581. The summed E-state index contributed by atoms with van der Waals surface area (Å²) in [5.41, 5.74) is 5.10. The highest BCUT2D eigenvalue weighted by atomic mass is 16.1. The minimum Gasteiger partial charge on any atom is -0.387 e. The van der Waals surface area contributed by atoms with Gasteiger partial charge in [-0.3, -0.25) is 4.79 Å². The molecule has 0 saturated heterocycles. The molecule has 2 N–H and O–H groups in total. The van der Waals surface area contributed by atoms with Gasteiger partial charge in [0, 0.05) is 6.42 Å². The Morgan fingerprint density at radius 3 is 2.00 bits per heavy atom. The van der Waals surface area contributed by atoms with E-state index in [9.17, 15) is 4.79 Å². The second-order valence-electron chi connectivity index (χ2n) is 1.79. The molecule has 0 aliphatic rings. The van der Waals surface area contributed by atoms with Crippen molar-refractivity contribution in [3.63, 3.8) is 0 Å². The molecular formula is C7H16N2O. The molecule has 0 rings (SSSR count). The van der Waals surface area contributed by atoms with Crippen LogP contribution in [0.1, 0.15) is 33.6 Å². The van der Waals surface area contributed by atoms with Crippen LogP contribution < -0.4 is 5.73 Å². The number of nitrogens with zero attached hydrogens (tertiary/aromatic N) is 1. The fraction of sp³-hybridized carbons (Fsp3) is 0.714. The highest BCUT2D eigenvalue weighted by molar-refractivity contribution is 5.85. The number of rotatable bonds is 2. The van der Waals surface area contributed by atoms with Gasteiger partial charge in [-0.2, -0.15) is 0 Å². The topological polar surface area (TPSA) is 55.4 Å². The van der Waals surface area contributed by atoms with E-state index in [0.29, 0.717) is 18.7 Å². The lowest BCUT2D eigenvalue weighted by Gasteiger charge is -1.84. The Bertz CT molecular complexity index is 99.8. The number of nitrogens with two attached hydrogens (primary N) is 1. The number of carbonyl (C=O) groups excluding carboxylic acids is 1. The van der Waals surface area contributed by atoms with E-state index in [1.807, 2.05) is 6.92 Å². The Kier molecular flexibility index (Phi) is 13.1. The van der Waals surface area contributed by atoms with Crippen LogP contribution in [-0.2, 0) is 4.79 Å². The van der Waals surface area contributed by atoms with Crippen molar-refractivity contribution in [3.05, 3.63) is 0 Å². The largest absolute Gasteiger partial charge is 0.387 e. The molecule has 0 bridgehead atoms. The summed E-state index contributed by atoms with van der Waals surface area (Å²) in [6, 6.07) is 0. The molecule has 0 spiro atoms. The molecule has 0 aromatic carbocycles. The zero-order chi connectivity index (χ0) is 8.41. The van der Waals surface area contributed by atoms with Gasteiger partial charge in [0.05, 0.1) is 0 Å². The zero-order valence-electron chi connectivity index (χ0n) is 6.92. The molecule has 0 aliphatic carbocycles. The van der Waals surface area contributed by atoms with Gasteiger partial charge in [0.2, 0.25) is 6.41 Å². The molecule has 0 aromatic heterocycles. The molecule has 60 valence electrons. The third-order valence-corrected chi connectivity index (χ3v) is 0.581. The van der Waals surface area contributed by atoms with Crippen LogP contribution in [0, 0.1) is 0 Å². The Hall–Kier alpha value is -0.860. The standard InChI is InChI=1S/C4H8N2O.C3H8/c1-2-4(5)6-3-7;1-3-2/h3H,2H2,1H3,(H2,5,6,7);3H2,1-2H3. The predicted octanol–water partition coefficient (Wildman–Crippen LogP) is 1.33. The fourth-order valence-corrected chi connectivity index (χ4v) is 0.159. The molecule has 3 heteroatoms. The minimum atomic E-state index is 0.384. The van der Waals surface area contributed by atoms with Crippen LogP contribution >= 0.6 is 0 Å². The van der Waals surface area contributed by atoms with Crippen molar-refractivity contribution in [2.24, 2.45) is 10.7 Å². The van der Waals surface area contributed by atoms with Gasteiger partial charge >= 0.3 is 0 Å². The third kappa shape index (κ3) is 15.7. The number of amidine groups is 1. The van der Waals surface area contributed by atoms with E-state index in [2.05, 4.69) is 18.8 Å². The van der Waals surface area contributed by atoms with Gasteiger partial charge in [-0.25, -0.2) is 4.99 Å². The lowest BCUT2D eigenvalue weighted by molar-refractivity contribution is -0.106. The molecule has 0 heterocycles. The summed E-state index contributed by atoms with van der Waals surface area (Å²) in [6.07, 6.45) is 2.33. The van der Waals surface area contributed by atoms with Crippen LogP contribution in [0.2, 0.25) is 0 Å². The van der Waals surface area contributed by atoms with E-state index >= 15 is 0 Å². The van der Waals surface area contributed by atoms with Crippen molar-refractivity contribution in [3.8, 4) is 0 Å². The van der Waals surface area contributed by atoms with E-state index in [-0.39, 0.29) is 0 Å². The highest BCUT2D eigenvalue weighted by Crippen LogP contribution is 1.71. The molecule has 0 fully saturated rings. The zero-order valence-corrected chi connectivity index (χ0v) is 6.92. The first-order chi connectivity index (χ1) is 4.72. The van der Waals surface area contributed by atoms with Crippen LogP contribution in [0.4, 0.5) is 0 Å². The first-order valence-corrected chi connectivity index (χ1v) is 3.48. The second kappa shape index (κ2) is 11.0. The lowest BCUT2D eigenvalue weighted by atomic mass is 10.5. The van der Waals surface area contributed by atoms with Crippen LogP contribution in [0.3, 0.4) is 0 Å². The van der Waals surface area contributed by atoms with E-state index in [1.54, 1.807) is 0 Å². The van der Waals surface area contributed by atoms with Crippen molar-refractivity contribution in [1.82, 2.24) is 0 Å². The summed E-state index contributed by atoms with van der Waals surface area (Å²) >= 11 is 0. The smallest absolute Gasteiger partial charge is 0.234 e. The van der Waals surface area contributed by atoms with Crippen molar-refractivity contribution in [2.45, 2.75) is 33.6 Å². The van der Waals surface area contributed by atoms with E-state index in [4.69, 9.17) is 5.73 Å². The molecular weight excluding hydrogens is 128 g/mol. The van der Waals surface area contributed by atoms with Gasteiger partial charge in [0.15, 0.2) is 0 Å². The van der Waals surface area contributed by atoms with Crippen LogP contribution in [0.25, 0.3) is 0 Å². The maximum absolute atomic E-state index is 9.51. The van der Waals surface area contributed by atoms with Gasteiger partial charge in [-0.05, 0) is 0 Å². The van der Waals surface area contributed by atoms with Gasteiger partial charge < -0.3 is 5.73 Å². The SMILES string of the molecule is CCC.CCC(N)=NC=O. The second-order valence-corrected chi connectivity index (χ2v) is 1.79. The van der Waals surface area contributed by atoms with Crippen LogP contribution in [-0.4, -0.2) is 12.2 Å². The highest BCUT2D eigenvalue weighted by Gasteiger charge is 1.78. The Morgan fingerprint density at radius 1 is 1.50 bits per heavy atom. The molecule has 0 unspecified atom stereocenters. The summed E-state index contributed by atoms with van der Waals surface area (Å²) in [6.45, 7) is 6.09. The number of hydrogen-bond acceptors (Lipinski definition) is 1. The van der Waals surface area contributed by atoms with E-state index < -0.39 is 0 Å². The van der Waals surface area contributed by atoms with E-state index in [1.165, 1.54) is 6.42 Å². The average molecular weight is 144 g/mol. The lowest BCUT2D eigenvalue weighted by Crippen LogP contribution is -2.08. The van der Waals surface area contributed by atoms with Crippen LogP contribution in [0.5, 0.6) is 0 Å². The first-order valence-electron chi connectivity index (χ1n) is 3.48. The number of carbonyl (C=O) groups is 1. The maximum atomic E-state index is 9.51. The Balaban J connectivity index is 0. The van der Waals surface area contributed by atoms with Crippen LogP contribution in [0.15, 0.2) is 4.99 Å². The summed E-state index contributed by atoms with van der Waals surface area (Å²) in [5, 5.41) is 0. The molecule has 3 nitrogen and oxygen atoms in total. The summed E-state index contributed by atoms with van der Waals surface area (Å²) in [4.78, 5) is 12.8. The van der Waals surface area contributed by atoms with Gasteiger partial charge in [-0.1, -0.05) is 27.2 Å². The normalized spacial score (nSPS) is 9.70. The monoisotopic (exact) mass is 144 g/mol. The molecule has 0 aliphatic heterocycles. The first kappa shape index (κ1) is 11.9. The summed E-state index contributed by atoms with van der Waals surface area (Å²) < 4.78 is 0. The molecule has 0 saturated carbocycles. The molecule has 0 radical (unpaired) electrons. The molecule has 0 aromatic rings.